The number of nitrogens with zero attached hydrogens (tertiary/aromatic N) is 1. The number of guanidine groups is 1. The first kappa shape index (κ1) is 9.89. The van der Waals surface area contributed by atoms with E-state index in [0.29, 0.717) is 11.7 Å². The minimum Gasteiger partial charge on any atom is -0.370 e. The summed E-state index contributed by atoms with van der Waals surface area (Å²) < 4.78 is 25.4. The molecule has 3 N–H and O–H groups in total. The molecule has 1 aliphatic carbocycles. The van der Waals surface area contributed by atoms with Crippen molar-refractivity contribution >= 4 is 11.6 Å². The van der Waals surface area contributed by atoms with Crippen molar-refractivity contribution in [3.63, 3.8) is 0 Å². The first-order valence-electron chi connectivity index (χ1n) is 4.70. The van der Waals surface area contributed by atoms with Crippen molar-refractivity contribution < 1.29 is 8.78 Å². The van der Waals surface area contributed by atoms with Crippen LogP contribution in [0.3, 0.4) is 0 Å². The van der Waals surface area contributed by atoms with Crippen molar-refractivity contribution in [3.05, 3.63) is 29.8 Å². The molecule has 0 radical (unpaired) electrons. The maximum atomic E-state index is 12.8. The molecule has 80 valence electrons. The van der Waals surface area contributed by atoms with Crippen LogP contribution >= 0.6 is 0 Å². The molecule has 1 fully saturated rings. The molecule has 2 rings (SSSR count). The zero-order valence-electron chi connectivity index (χ0n) is 8.00. The predicted molar refractivity (Wildman–Crippen MR) is 54.6 cm³/mol. The predicted octanol–water partition coefficient (Wildman–Crippen LogP) is 1.85. The Morgan fingerprint density at radius 3 is 2.67 bits per heavy atom. The van der Waals surface area contributed by atoms with E-state index in [4.69, 9.17) is 5.73 Å². The van der Waals surface area contributed by atoms with Gasteiger partial charge in [0.25, 0.3) is 0 Å². The van der Waals surface area contributed by atoms with E-state index in [-0.39, 0.29) is 5.96 Å². The van der Waals surface area contributed by atoms with E-state index in [2.05, 4.69) is 10.3 Å². The Hall–Kier alpha value is -1.65. The third kappa shape index (κ3) is 2.65. The Morgan fingerprint density at radius 1 is 1.33 bits per heavy atom. The van der Waals surface area contributed by atoms with Crippen LogP contribution in [0.25, 0.3) is 0 Å². The smallest absolute Gasteiger partial charge is 0.193 e. The highest BCUT2D eigenvalue weighted by Gasteiger charge is 2.20. The minimum atomic E-state index is -0.903. The van der Waals surface area contributed by atoms with Crippen LogP contribution in [-0.4, -0.2) is 12.0 Å². The monoisotopic (exact) mass is 211 g/mol. The number of nitrogens with one attached hydrogen (secondary N) is 1. The number of hydrogen-bond acceptors (Lipinski definition) is 1. The molecule has 1 aromatic rings. The average Bonchev–Trinajstić information content (AvgIpc) is 2.95. The number of rotatable bonds is 2. The Balaban J connectivity index is 2.06. The van der Waals surface area contributed by atoms with Gasteiger partial charge in [0.2, 0.25) is 0 Å². The van der Waals surface area contributed by atoms with Gasteiger partial charge in [-0.3, -0.25) is 0 Å². The fraction of sp³-hybridized carbons (Fsp3) is 0.300. The van der Waals surface area contributed by atoms with Gasteiger partial charge in [0, 0.05) is 11.8 Å². The molecule has 1 saturated carbocycles. The van der Waals surface area contributed by atoms with Gasteiger partial charge in [-0.2, -0.15) is 0 Å². The topological polar surface area (TPSA) is 50.4 Å². The number of halogens is 2. The van der Waals surface area contributed by atoms with Crippen molar-refractivity contribution in [1.29, 1.82) is 0 Å². The summed E-state index contributed by atoms with van der Waals surface area (Å²) >= 11 is 0. The highest BCUT2D eigenvalue weighted by atomic mass is 19.2. The fourth-order valence-electron chi connectivity index (χ4n) is 1.15. The highest BCUT2D eigenvalue weighted by molar-refractivity contribution is 5.92. The number of benzene rings is 1. The van der Waals surface area contributed by atoms with E-state index in [9.17, 15) is 8.78 Å². The van der Waals surface area contributed by atoms with Gasteiger partial charge in [0.05, 0.1) is 6.04 Å². The van der Waals surface area contributed by atoms with Gasteiger partial charge < -0.3 is 11.1 Å². The maximum absolute atomic E-state index is 12.8. The van der Waals surface area contributed by atoms with Crippen LogP contribution in [0.2, 0.25) is 0 Å². The lowest BCUT2D eigenvalue weighted by atomic mass is 10.3. The zero-order valence-corrected chi connectivity index (χ0v) is 8.00. The molecule has 1 aliphatic rings. The summed E-state index contributed by atoms with van der Waals surface area (Å²) in [7, 11) is 0. The van der Waals surface area contributed by atoms with Crippen LogP contribution in [0.5, 0.6) is 0 Å². The number of hydrogen-bond donors (Lipinski definition) is 2. The van der Waals surface area contributed by atoms with Crippen molar-refractivity contribution in [2.24, 2.45) is 10.7 Å². The molecular formula is C10H11F2N3. The van der Waals surface area contributed by atoms with Crippen molar-refractivity contribution in [2.75, 3.05) is 5.32 Å². The SMILES string of the molecule is NC(=NC1CC1)Nc1ccc(F)c(F)c1. The molecule has 3 nitrogen and oxygen atoms in total. The maximum Gasteiger partial charge on any atom is 0.193 e. The molecule has 0 aliphatic heterocycles. The van der Waals surface area contributed by atoms with Crippen LogP contribution < -0.4 is 11.1 Å². The van der Waals surface area contributed by atoms with Gasteiger partial charge in [0.15, 0.2) is 17.6 Å². The standard InChI is InChI=1S/C10H11F2N3/c11-8-4-3-7(5-9(8)12)15-10(13)14-6-1-2-6/h3-6H,1-2H2,(H3,13,14,15). The van der Waals surface area contributed by atoms with Crippen LogP contribution in [0, 0.1) is 11.6 Å². The summed E-state index contributed by atoms with van der Waals surface area (Å²) in [5.74, 6) is -1.54. The van der Waals surface area contributed by atoms with Gasteiger partial charge in [-0.25, -0.2) is 13.8 Å². The third-order valence-electron chi connectivity index (χ3n) is 2.06. The van der Waals surface area contributed by atoms with E-state index in [1.165, 1.54) is 6.07 Å². The summed E-state index contributed by atoms with van der Waals surface area (Å²) in [6, 6.07) is 3.79. The summed E-state index contributed by atoms with van der Waals surface area (Å²) in [4.78, 5) is 4.10. The van der Waals surface area contributed by atoms with Gasteiger partial charge in [-0.1, -0.05) is 0 Å². The first-order chi connectivity index (χ1) is 7.15. The largest absolute Gasteiger partial charge is 0.370 e. The van der Waals surface area contributed by atoms with E-state index in [1.54, 1.807) is 0 Å². The lowest BCUT2D eigenvalue weighted by Crippen LogP contribution is -2.23. The Kier molecular flexibility index (Phi) is 2.53. The van der Waals surface area contributed by atoms with Crippen molar-refractivity contribution in [1.82, 2.24) is 0 Å². The lowest BCUT2D eigenvalue weighted by molar-refractivity contribution is 0.509. The molecule has 0 atom stereocenters. The summed E-state index contributed by atoms with van der Waals surface area (Å²) in [6.07, 6.45) is 2.08. The Labute approximate surface area is 86.0 Å². The first-order valence-corrected chi connectivity index (χ1v) is 4.70. The second-order valence-electron chi connectivity index (χ2n) is 3.50. The summed E-state index contributed by atoms with van der Waals surface area (Å²) in [6.45, 7) is 0. The molecule has 0 bridgehead atoms. The number of anilines is 1. The Bertz CT molecular complexity index is 400. The molecule has 0 aromatic heterocycles. The van der Waals surface area contributed by atoms with E-state index >= 15 is 0 Å². The van der Waals surface area contributed by atoms with Gasteiger partial charge >= 0.3 is 0 Å². The summed E-state index contributed by atoms with van der Waals surface area (Å²) in [5, 5.41) is 2.70. The second-order valence-corrected chi connectivity index (χ2v) is 3.50. The molecule has 0 spiro atoms. The second kappa shape index (κ2) is 3.84. The molecule has 0 amide bonds. The molecule has 5 heteroatoms. The molecule has 0 heterocycles. The normalized spacial score (nSPS) is 16.5. The van der Waals surface area contributed by atoms with Crippen molar-refractivity contribution in [3.8, 4) is 0 Å². The average molecular weight is 211 g/mol. The van der Waals surface area contributed by atoms with Crippen LogP contribution in [0.15, 0.2) is 23.2 Å². The molecule has 1 aromatic carbocycles. The lowest BCUT2D eigenvalue weighted by Gasteiger charge is -2.05. The van der Waals surface area contributed by atoms with Crippen LogP contribution in [0.4, 0.5) is 14.5 Å². The quantitative estimate of drug-likeness (QED) is 0.579. The van der Waals surface area contributed by atoms with Gasteiger partial charge in [-0.15, -0.1) is 0 Å². The van der Waals surface area contributed by atoms with E-state index in [1.807, 2.05) is 0 Å². The molecule has 0 saturated heterocycles. The van der Waals surface area contributed by atoms with Crippen LogP contribution in [-0.2, 0) is 0 Å². The van der Waals surface area contributed by atoms with E-state index in [0.717, 1.165) is 25.0 Å². The highest BCUT2D eigenvalue weighted by Crippen LogP contribution is 2.23. The van der Waals surface area contributed by atoms with Gasteiger partial charge in [-0.05, 0) is 25.0 Å². The zero-order chi connectivity index (χ0) is 10.8. The fourth-order valence-corrected chi connectivity index (χ4v) is 1.15. The van der Waals surface area contributed by atoms with Crippen LogP contribution in [0.1, 0.15) is 12.8 Å². The summed E-state index contributed by atoms with van der Waals surface area (Å²) in [5.41, 5.74) is 5.96. The molecule has 0 unspecified atom stereocenters. The number of aliphatic imine (C=N–C) groups is 1. The van der Waals surface area contributed by atoms with Crippen molar-refractivity contribution in [2.45, 2.75) is 18.9 Å². The van der Waals surface area contributed by atoms with E-state index < -0.39 is 11.6 Å². The molecular weight excluding hydrogens is 200 g/mol. The number of nitrogens with two attached hydrogens (primary N) is 1. The third-order valence-corrected chi connectivity index (χ3v) is 2.06. The molecule has 15 heavy (non-hydrogen) atoms. The van der Waals surface area contributed by atoms with Gasteiger partial charge in [0.1, 0.15) is 0 Å². The Morgan fingerprint density at radius 2 is 2.07 bits per heavy atom. The minimum absolute atomic E-state index is 0.239.